The Kier molecular flexibility index (Phi) is 4.79. The highest BCUT2D eigenvalue weighted by molar-refractivity contribution is 8.01. The molecule has 0 aromatic heterocycles. The van der Waals surface area contributed by atoms with Gasteiger partial charge in [0.25, 0.3) is 0 Å². The SMILES string of the molecule is CCCSC1(C(=O)O)CCCCCC1. The van der Waals surface area contributed by atoms with Crippen molar-refractivity contribution in [2.75, 3.05) is 5.75 Å². The maximum Gasteiger partial charge on any atom is 0.319 e. The van der Waals surface area contributed by atoms with Gasteiger partial charge in [0.05, 0.1) is 0 Å². The number of carboxylic acids is 1. The third-order valence-corrected chi connectivity index (χ3v) is 4.63. The molecule has 0 unspecified atom stereocenters. The Morgan fingerprint density at radius 3 is 2.29 bits per heavy atom. The molecule has 0 spiro atoms. The summed E-state index contributed by atoms with van der Waals surface area (Å²) in [6, 6.07) is 0. The molecule has 1 N–H and O–H groups in total. The lowest BCUT2D eigenvalue weighted by molar-refractivity contribution is -0.140. The molecule has 0 saturated heterocycles. The Hall–Kier alpha value is -0.180. The Bertz CT molecular complexity index is 184. The number of carbonyl (C=O) groups is 1. The first kappa shape index (κ1) is 11.9. The molecule has 1 saturated carbocycles. The number of rotatable bonds is 4. The summed E-state index contributed by atoms with van der Waals surface area (Å²) in [5, 5.41) is 9.32. The Morgan fingerprint density at radius 1 is 1.29 bits per heavy atom. The van der Waals surface area contributed by atoms with Crippen LogP contribution < -0.4 is 0 Å². The standard InChI is InChI=1S/C11H20O2S/c1-2-9-14-11(10(12)13)7-5-3-4-6-8-11/h2-9H2,1H3,(H,12,13). The van der Waals surface area contributed by atoms with E-state index in [2.05, 4.69) is 6.92 Å². The van der Waals surface area contributed by atoms with E-state index in [4.69, 9.17) is 0 Å². The van der Waals surface area contributed by atoms with Crippen LogP contribution >= 0.6 is 11.8 Å². The molecular formula is C11H20O2S. The van der Waals surface area contributed by atoms with Crippen LogP contribution in [0.5, 0.6) is 0 Å². The molecule has 0 atom stereocenters. The van der Waals surface area contributed by atoms with Gasteiger partial charge in [-0.15, -0.1) is 11.8 Å². The predicted octanol–water partition coefficient (Wildman–Crippen LogP) is 3.31. The molecule has 3 heteroatoms. The summed E-state index contributed by atoms with van der Waals surface area (Å²) in [5.41, 5.74) is 0. The highest BCUT2D eigenvalue weighted by Crippen LogP contribution is 2.39. The lowest BCUT2D eigenvalue weighted by atomic mass is 9.99. The van der Waals surface area contributed by atoms with E-state index in [1.165, 1.54) is 12.8 Å². The molecule has 2 nitrogen and oxygen atoms in total. The first-order valence-corrected chi connectivity index (χ1v) is 6.57. The van der Waals surface area contributed by atoms with E-state index in [0.717, 1.165) is 37.9 Å². The molecule has 1 aliphatic carbocycles. The molecular weight excluding hydrogens is 196 g/mol. The molecule has 1 fully saturated rings. The van der Waals surface area contributed by atoms with Crippen LogP contribution in [0.4, 0.5) is 0 Å². The fraction of sp³-hybridized carbons (Fsp3) is 0.909. The van der Waals surface area contributed by atoms with Crippen LogP contribution in [0.3, 0.4) is 0 Å². The second-order valence-electron chi connectivity index (χ2n) is 4.06. The van der Waals surface area contributed by atoms with E-state index in [1.807, 2.05) is 0 Å². The van der Waals surface area contributed by atoms with Gasteiger partial charge >= 0.3 is 5.97 Å². The van der Waals surface area contributed by atoms with Crippen molar-refractivity contribution < 1.29 is 9.90 Å². The molecule has 1 aliphatic rings. The predicted molar refractivity (Wildman–Crippen MR) is 60.8 cm³/mol. The molecule has 0 aromatic rings. The molecule has 1 rings (SSSR count). The summed E-state index contributed by atoms with van der Waals surface area (Å²) in [5.74, 6) is 0.393. The smallest absolute Gasteiger partial charge is 0.319 e. The van der Waals surface area contributed by atoms with Crippen LogP contribution in [-0.2, 0) is 4.79 Å². The lowest BCUT2D eigenvalue weighted by Gasteiger charge is -2.27. The summed E-state index contributed by atoms with van der Waals surface area (Å²) in [7, 11) is 0. The average Bonchev–Trinajstić information content (AvgIpc) is 2.41. The van der Waals surface area contributed by atoms with Gasteiger partial charge < -0.3 is 5.11 Å². The zero-order chi connectivity index (χ0) is 10.4. The Morgan fingerprint density at radius 2 is 1.86 bits per heavy atom. The van der Waals surface area contributed by atoms with Crippen LogP contribution in [-0.4, -0.2) is 21.6 Å². The topological polar surface area (TPSA) is 37.3 Å². The summed E-state index contributed by atoms with van der Waals surface area (Å²) in [6.07, 6.45) is 7.40. The number of hydrogen-bond acceptors (Lipinski definition) is 2. The molecule has 0 radical (unpaired) electrons. The van der Waals surface area contributed by atoms with E-state index < -0.39 is 10.7 Å². The molecule has 0 amide bonds. The van der Waals surface area contributed by atoms with Gasteiger partial charge in [-0.1, -0.05) is 32.6 Å². The van der Waals surface area contributed by atoms with Gasteiger partial charge in [-0.3, -0.25) is 4.79 Å². The van der Waals surface area contributed by atoms with Gasteiger partial charge in [0, 0.05) is 0 Å². The number of hydrogen-bond donors (Lipinski definition) is 1. The Balaban J connectivity index is 2.62. The van der Waals surface area contributed by atoms with Crippen molar-refractivity contribution in [3.8, 4) is 0 Å². The highest BCUT2D eigenvalue weighted by atomic mass is 32.2. The molecule has 0 aliphatic heterocycles. The number of thioether (sulfide) groups is 1. The summed E-state index contributed by atoms with van der Waals surface area (Å²) < 4.78 is -0.452. The van der Waals surface area contributed by atoms with Crippen molar-refractivity contribution in [3.05, 3.63) is 0 Å². The van der Waals surface area contributed by atoms with Crippen molar-refractivity contribution in [2.24, 2.45) is 0 Å². The third-order valence-electron chi connectivity index (χ3n) is 2.88. The maximum absolute atomic E-state index is 11.3. The summed E-state index contributed by atoms with van der Waals surface area (Å²) in [6.45, 7) is 2.11. The van der Waals surface area contributed by atoms with E-state index in [1.54, 1.807) is 11.8 Å². The zero-order valence-electron chi connectivity index (χ0n) is 8.92. The molecule has 0 aromatic carbocycles. The first-order chi connectivity index (χ1) is 6.71. The van der Waals surface area contributed by atoms with E-state index in [0.29, 0.717) is 0 Å². The van der Waals surface area contributed by atoms with E-state index >= 15 is 0 Å². The largest absolute Gasteiger partial charge is 0.480 e. The highest BCUT2D eigenvalue weighted by Gasteiger charge is 2.38. The van der Waals surface area contributed by atoms with Gasteiger partial charge in [0.15, 0.2) is 0 Å². The zero-order valence-corrected chi connectivity index (χ0v) is 9.74. The summed E-state index contributed by atoms with van der Waals surface area (Å²) >= 11 is 1.67. The minimum atomic E-state index is -0.585. The fourth-order valence-electron chi connectivity index (χ4n) is 2.02. The second-order valence-corrected chi connectivity index (χ2v) is 5.54. The summed E-state index contributed by atoms with van der Waals surface area (Å²) in [4.78, 5) is 11.3. The number of carboxylic acid groups (broad SMARTS) is 1. The van der Waals surface area contributed by atoms with Gasteiger partial charge in [-0.2, -0.15) is 0 Å². The molecule has 0 heterocycles. The van der Waals surface area contributed by atoms with E-state index in [-0.39, 0.29) is 0 Å². The molecule has 14 heavy (non-hydrogen) atoms. The molecule has 0 bridgehead atoms. The third kappa shape index (κ3) is 2.91. The average molecular weight is 216 g/mol. The number of aliphatic carboxylic acids is 1. The fourth-order valence-corrected chi connectivity index (χ4v) is 3.31. The minimum Gasteiger partial charge on any atom is -0.480 e. The van der Waals surface area contributed by atoms with Crippen molar-refractivity contribution in [1.29, 1.82) is 0 Å². The van der Waals surface area contributed by atoms with Crippen molar-refractivity contribution in [2.45, 2.75) is 56.6 Å². The lowest BCUT2D eigenvalue weighted by Crippen LogP contribution is -2.34. The van der Waals surface area contributed by atoms with Crippen LogP contribution in [0, 0.1) is 0 Å². The monoisotopic (exact) mass is 216 g/mol. The normalized spacial score (nSPS) is 21.5. The van der Waals surface area contributed by atoms with Crippen LogP contribution in [0.15, 0.2) is 0 Å². The van der Waals surface area contributed by atoms with Crippen molar-refractivity contribution in [3.63, 3.8) is 0 Å². The second kappa shape index (κ2) is 5.64. The van der Waals surface area contributed by atoms with E-state index in [9.17, 15) is 9.90 Å². The van der Waals surface area contributed by atoms with Crippen LogP contribution in [0.1, 0.15) is 51.9 Å². The first-order valence-electron chi connectivity index (χ1n) is 5.58. The van der Waals surface area contributed by atoms with Gasteiger partial charge in [-0.05, 0) is 25.0 Å². The maximum atomic E-state index is 11.3. The quantitative estimate of drug-likeness (QED) is 0.733. The minimum absolute atomic E-state index is 0.452. The molecule has 82 valence electrons. The van der Waals surface area contributed by atoms with Crippen molar-refractivity contribution >= 4 is 17.7 Å². The Labute approximate surface area is 90.5 Å². The van der Waals surface area contributed by atoms with Crippen LogP contribution in [0.25, 0.3) is 0 Å². The van der Waals surface area contributed by atoms with Gasteiger partial charge in [-0.25, -0.2) is 0 Å². The van der Waals surface area contributed by atoms with Crippen molar-refractivity contribution in [1.82, 2.24) is 0 Å². The van der Waals surface area contributed by atoms with Crippen LogP contribution in [0.2, 0.25) is 0 Å². The van der Waals surface area contributed by atoms with Gasteiger partial charge in [0.1, 0.15) is 4.75 Å². The van der Waals surface area contributed by atoms with Gasteiger partial charge in [0.2, 0.25) is 0 Å².